The Balaban J connectivity index is 1.94. The Kier molecular flexibility index (Phi) is 4.69. The second-order valence-electron chi connectivity index (χ2n) is 5.90. The molecule has 3 heteroatoms. The number of carbonyl (C=O) groups is 1. The highest BCUT2D eigenvalue weighted by Crippen LogP contribution is 2.43. The minimum atomic E-state index is -0.0485. The molecular weight excluding hydrogens is 252 g/mol. The van der Waals surface area contributed by atoms with Gasteiger partial charge in [-0.15, -0.1) is 0 Å². The van der Waals surface area contributed by atoms with Crippen molar-refractivity contribution in [3.05, 3.63) is 29.3 Å². The summed E-state index contributed by atoms with van der Waals surface area (Å²) in [5.74, 6) is 2.01. The summed E-state index contributed by atoms with van der Waals surface area (Å²) in [6.07, 6.45) is 3.06. The molecule has 1 fully saturated rings. The fraction of sp³-hybridized carbons (Fsp3) is 0.588. The molecule has 2 unspecified atom stereocenters. The van der Waals surface area contributed by atoms with Gasteiger partial charge in [0.25, 0.3) is 0 Å². The highest BCUT2D eigenvalue weighted by Gasteiger charge is 2.43. The van der Waals surface area contributed by atoms with Gasteiger partial charge in [0, 0.05) is 0 Å². The van der Waals surface area contributed by atoms with Gasteiger partial charge in [0.05, 0.1) is 20.1 Å². The number of methoxy groups -OCH3 is 2. The van der Waals surface area contributed by atoms with Crippen LogP contribution in [-0.4, -0.2) is 20.2 Å². The molecule has 20 heavy (non-hydrogen) atoms. The third kappa shape index (κ3) is 3.33. The van der Waals surface area contributed by atoms with Gasteiger partial charge in [-0.05, 0) is 48.3 Å². The van der Waals surface area contributed by atoms with Gasteiger partial charge in [-0.25, -0.2) is 0 Å². The summed E-state index contributed by atoms with van der Waals surface area (Å²) in [5.41, 5.74) is 2.58. The van der Waals surface area contributed by atoms with E-state index in [4.69, 9.17) is 9.47 Å². The fourth-order valence-electron chi connectivity index (χ4n) is 2.75. The summed E-state index contributed by atoms with van der Waals surface area (Å²) in [6.45, 7) is 4.35. The highest BCUT2D eigenvalue weighted by molar-refractivity contribution is 5.75. The number of hydrogen-bond donors (Lipinski definition) is 0. The minimum Gasteiger partial charge on any atom is -0.496 e. The van der Waals surface area contributed by atoms with E-state index in [0.29, 0.717) is 11.8 Å². The SMILES string of the molecule is COC(=O)C1CC1CCc1ccc(OC)c(C(C)C)c1. The molecule has 1 aromatic rings. The van der Waals surface area contributed by atoms with Gasteiger partial charge in [0.15, 0.2) is 0 Å². The molecule has 2 atom stereocenters. The molecule has 0 radical (unpaired) electrons. The fourth-order valence-corrected chi connectivity index (χ4v) is 2.75. The second kappa shape index (κ2) is 6.29. The number of benzene rings is 1. The van der Waals surface area contributed by atoms with E-state index < -0.39 is 0 Å². The average molecular weight is 276 g/mol. The first-order valence-electron chi connectivity index (χ1n) is 7.31. The molecule has 2 rings (SSSR count). The predicted molar refractivity (Wildman–Crippen MR) is 79.0 cm³/mol. The zero-order valence-corrected chi connectivity index (χ0v) is 12.8. The zero-order valence-electron chi connectivity index (χ0n) is 12.8. The normalized spacial score (nSPS) is 20.9. The molecular formula is C17H24O3. The van der Waals surface area contributed by atoms with E-state index >= 15 is 0 Å². The molecule has 1 saturated carbocycles. The van der Waals surface area contributed by atoms with Crippen LogP contribution in [0.2, 0.25) is 0 Å². The monoisotopic (exact) mass is 276 g/mol. The molecule has 0 aliphatic heterocycles. The smallest absolute Gasteiger partial charge is 0.308 e. The van der Waals surface area contributed by atoms with Crippen LogP contribution in [0.3, 0.4) is 0 Å². The van der Waals surface area contributed by atoms with Crippen molar-refractivity contribution in [3.63, 3.8) is 0 Å². The van der Waals surface area contributed by atoms with E-state index in [1.807, 2.05) is 0 Å². The molecule has 0 spiro atoms. The Morgan fingerprint density at radius 1 is 1.35 bits per heavy atom. The zero-order chi connectivity index (χ0) is 14.7. The molecule has 0 saturated heterocycles. The number of rotatable bonds is 6. The average Bonchev–Trinajstić information content (AvgIpc) is 3.23. The Morgan fingerprint density at radius 2 is 2.10 bits per heavy atom. The van der Waals surface area contributed by atoms with Crippen LogP contribution < -0.4 is 4.74 Å². The predicted octanol–water partition coefficient (Wildman–Crippen LogP) is 3.56. The van der Waals surface area contributed by atoms with Crippen molar-refractivity contribution in [1.82, 2.24) is 0 Å². The summed E-state index contributed by atoms with van der Waals surface area (Å²) in [6, 6.07) is 6.41. The van der Waals surface area contributed by atoms with Gasteiger partial charge in [0.1, 0.15) is 5.75 Å². The first-order valence-corrected chi connectivity index (χ1v) is 7.31. The van der Waals surface area contributed by atoms with Crippen LogP contribution in [0.15, 0.2) is 18.2 Å². The number of ether oxygens (including phenoxy) is 2. The second-order valence-corrected chi connectivity index (χ2v) is 5.90. The Bertz CT molecular complexity index is 479. The standard InChI is InChI=1S/C17H24O3/c1-11(2)14-9-12(6-8-16(14)19-3)5-7-13-10-15(13)17(18)20-4/h6,8-9,11,13,15H,5,7,10H2,1-4H3. The van der Waals surface area contributed by atoms with Crippen LogP contribution in [0.4, 0.5) is 0 Å². The summed E-state index contributed by atoms with van der Waals surface area (Å²) >= 11 is 0. The number of hydrogen-bond acceptors (Lipinski definition) is 3. The Labute approximate surface area is 121 Å². The van der Waals surface area contributed by atoms with Gasteiger partial charge < -0.3 is 9.47 Å². The van der Waals surface area contributed by atoms with Crippen molar-refractivity contribution in [2.45, 2.75) is 39.0 Å². The van der Waals surface area contributed by atoms with Crippen molar-refractivity contribution < 1.29 is 14.3 Å². The van der Waals surface area contributed by atoms with Crippen LogP contribution in [0.1, 0.15) is 43.7 Å². The van der Waals surface area contributed by atoms with Gasteiger partial charge in [-0.3, -0.25) is 4.79 Å². The number of aryl methyl sites for hydroxylation is 1. The topological polar surface area (TPSA) is 35.5 Å². The van der Waals surface area contributed by atoms with Gasteiger partial charge >= 0.3 is 5.97 Å². The molecule has 0 heterocycles. The quantitative estimate of drug-likeness (QED) is 0.745. The van der Waals surface area contributed by atoms with E-state index in [9.17, 15) is 4.79 Å². The molecule has 0 N–H and O–H groups in total. The molecule has 0 aromatic heterocycles. The lowest BCUT2D eigenvalue weighted by Gasteiger charge is -2.13. The van der Waals surface area contributed by atoms with Crippen molar-refractivity contribution >= 4 is 5.97 Å². The summed E-state index contributed by atoms with van der Waals surface area (Å²) in [5, 5.41) is 0. The summed E-state index contributed by atoms with van der Waals surface area (Å²) in [7, 11) is 3.18. The van der Waals surface area contributed by atoms with Crippen molar-refractivity contribution in [1.29, 1.82) is 0 Å². The van der Waals surface area contributed by atoms with Crippen molar-refractivity contribution in [3.8, 4) is 5.75 Å². The van der Waals surface area contributed by atoms with Crippen molar-refractivity contribution in [2.75, 3.05) is 14.2 Å². The van der Waals surface area contributed by atoms with Crippen LogP contribution in [0, 0.1) is 11.8 Å². The van der Waals surface area contributed by atoms with E-state index in [2.05, 4.69) is 32.0 Å². The molecule has 0 bridgehead atoms. The summed E-state index contributed by atoms with van der Waals surface area (Å²) < 4.78 is 10.2. The lowest BCUT2D eigenvalue weighted by Crippen LogP contribution is -2.04. The van der Waals surface area contributed by atoms with Crippen LogP contribution in [0.25, 0.3) is 0 Å². The molecule has 1 aliphatic carbocycles. The van der Waals surface area contributed by atoms with Gasteiger partial charge in [-0.2, -0.15) is 0 Å². The maximum Gasteiger partial charge on any atom is 0.308 e. The summed E-state index contributed by atoms with van der Waals surface area (Å²) in [4.78, 5) is 11.4. The lowest BCUT2D eigenvalue weighted by atomic mass is 9.97. The largest absolute Gasteiger partial charge is 0.496 e. The lowest BCUT2D eigenvalue weighted by molar-refractivity contribution is -0.142. The molecule has 110 valence electrons. The molecule has 1 aromatic carbocycles. The van der Waals surface area contributed by atoms with Gasteiger partial charge in [-0.1, -0.05) is 26.0 Å². The third-order valence-corrected chi connectivity index (χ3v) is 4.15. The van der Waals surface area contributed by atoms with E-state index in [1.165, 1.54) is 18.2 Å². The van der Waals surface area contributed by atoms with Crippen LogP contribution in [-0.2, 0) is 16.0 Å². The van der Waals surface area contributed by atoms with Crippen LogP contribution in [0.5, 0.6) is 5.75 Å². The molecule has 1 aliphatic rings. The maximum atomic E-state index is 11.4. The number of esters is 1. The highest BCUT2D eigenvalue weighted by atomic mass is 16.5. The van der Waals surface area contributed by atoms with E-state index in [-0.39, 0.29) is 11.9 Å². The van der Waals surface area contributed by atoms with Crippen molar-refractivity contribution in [2.24, 2.45) is 11.8 Å². The maximum absolute atomic E-state index is 11.4. The first-order chi connectivity index (χ1) is 9.56. The number of carbonyl (C=O) groups excluding carboxylic acids is 1. The Hall–Kier alpha value is -1.51. The third-order valence-electron chi connectivity index (χ3n) is 4.15. The van der Waals surface area contributed by atoms with E-state index in [1.54, 1.807) is 7.11 Å². The van der Waals surface area contributed by atoms with E-state index in [0.717, 1.165) is 25.0 Å². The first kappa shape index (κ1) is 14.9. The van der Waals surface area contributed by atoms with Crippen LogP contribution >= 0.6 is 0 Å². The molecule has 0 amide bonds. The minimum absolute atomic E-state index is 0.0485. The molecule has 3 nitrogen and oxygen atoms in total. The Morgan fingerprint density at radius 3 is 2.70 bits per heavy atom. The van der Waals surface area contributed by atoms with Gasteiger partial charge in [0.2, 0.25) is 0 Å².